The van der Waals surface area contributed by atoms with Crippen molar-refractivity contribution in [3.8, 4) is 0 Å². The minimum Gasteiger partial charge on any atom is -0.390 e. The molecular formula is C14H22N4O2. The Labute approximate surface area is 119 Å². The van der Waals surface area contributed by atoms with Crippen LogP contribution in [0.5, 0.6) is 0 Å². The van der Waals surface area contributed by atoms with E-state index in [0.717, 1.165) is 51.9 Å². The van der Waals surface area contributed by atoms with Gasteiger partial charge in [0.2, 0.25) is 5.95 Å². The van der Waals surface area contributed by atoms with Gasteiger partial charge in [0.05, 0.1) is 18.9 Å². The fourth-order valence-electron chi connectivity index (χ4n) is 2.85. The molecule has 2 aliphatic heterocycles. The van der Waals surface area contributed by atoms with Gasteiger partial charge in [-0.05, 0) is 18.4 Å². The van der Waals surface area contributed by atoms with E-state index in [1.54, 1.807) is 12.3 Å². The molecule has 1 unspecified atom stereocenters. The number of piperazine rings is 1. The van der Waals surface area contributed by atoms with Crippen LogP contribution in [0, 0.1) is 5.92 Å². The minimum absolute atomic E-state index is 0.0306. The Morgan fingerprint density at radius 1 is 1.30 bits per heavy atom. The molecule has 0 aliphatic carbocycles. The zero-order chi connectivity index (χ0) is 13.8. The van der Waals surface area contributed by atoms with Gasteiger partial charge in [0.1, 0.15) is 0 Å². The summed E-state index contributed by atoms with van der Waals surface area (Å²) in [5.74, 6) is 1.44. The SMILES string of the molecule is OCc1ccnc(N2CCN(CC3CCOC3)CC2)n1. The van der Waals surface area contributed by atoms with E-state index in [1.165, 1.54) is 6.42 Å². The maximum atomic E-state index is 9.13. The number of hydrogen-bond donors (Lipinski definition) is 1. The van der Waals surface area contributed by atoms with E-state index < -0.39 is 0 Å². The molecule has 1 aromatic heterocycles. The van der Waals surface area contributed by atoms with Crippen LogP contribution in [0.25, 0.3) is 0 Å². The monoisotopic (exact) mass is 278 g/mol. The molecule has 0 spiro atoms. The molecule has 1 atom stereocenters. The number of nitrogens with zero attached hydrogens (tertiary/aromatic N) is 4. The van der Waals surface area contributed by atoms with Crippen molar-refractivity contribution in [2.24, 2.45) is 5.92 Å². The average molecular weight is 278 g/mol. The van der Waals surface area contributed by atoms with E-state index in [-0.39, 0.29) is 6.61 Å². The van der Waals surface area contributed by atoms with Gasteiger partial charge in [0.25, 0.3) is 0 Å². The molecule has 2 aliphatic rings. The highest BCUT2D eigenvalue weighted by Crippen LogP contribution is 2.16. The molecule has 20 heavy (non-hydrogen) atoms. The predicted octanol–water partition coefficient (Wildman–Crippen LogP) is 0.127. The number of aliphatic hydroxyl groups is 1. The molecule has 3 heterocycles. The predicted molar refractivity (Wildman–Crippen MR) is 75.5 cm³/mol. The summed E-state index contributed by atoms with van der Waals surface area (Å²) in [6.45, 7) is 6.94. The van der Waals surface area contributed by atoms with E-state index in [4.69, 9.17) is 9.84 Å². The van der Waals surface area contributed by atoms with E-state index in [2.05, 4.69) is 19.8 Å². The van der Waals surface area contributed by atoms with Crippen molar-refractivity contribution in [3.63, 3.8) is 0 Å². The highest BCUT2D eigenvalue weighted by Gasteiger charge is 2.23. The number of rotatable bonds is 4. The topological polar surface area (TPSA) is 61.7 Å². The van der Waals surface area contributed by atoms with Gasteiger partial charge in [-0.3, -0.25) is 4.90 Å². The first-order valence-corrected chi connectivity index (χ1v) is 7.33. The van der Waals surface area contributed by atoms with Crippen molar-refractivity contribution >= 4 is 5.95 Å². The highest BCUT2D eigenvalue weighted by atomic mass is 16.5. The molecule has 0 radical (unpaired) electrons. The summed E-state index contributed by atoms with van der Waals surface area (Å²) in [6, 6.07) is 1.75. The van der Waals surface area contributed by atoms with Crippen molar-refractivity contribution < 1.29 is 9.84 Å². The van der Waals surface area contributed by atoms with Crippen LogP contribution < -0.4 is 4.90 Å². The summed E-state index contributed by atoms with van der Waals surface area (Å²) in [5.41, 5.74) is 0.681. The lowest BCUT2D eigenvalue weighted by Crippen LogP contribution is -2.48. The van der Waals surface area contributed by atoms with E-state index in [1.807, 2.05) is 0 Å². The molecule has 1 aromatic rings. The van der Waals surface area contributed by atoms with Crippen LogP contribution in [-0.4, -0.2) is 65.9 Å². The molecule has 2 saturated heterocycles. The highest BCUT2D eigenvalue weighted by molar-refractivity contribution is 5.31. The minimum atomic E-state index is -0.0306. The summed E-state index contributed by atoms with van der Waals surface area (Å²) in [7, 11) is 0. The normalized spacial score (nSPS) is 24.2. The fourth-order valence-corrected chi connectivity index (χ4v) is 2.85. The molecule has 0 aromatic carbocycles. The third-order valence-corrected chi connectivity index (χ3v) is 4.06. The van der Waals surface area contributed by atoms with Gasteiger partial charge < -0.3 is 14.7 Å². The third-order valence-electron chi connectivity index (χ3n) is 4.06. The van der Waals surface area contributed by atoms with Crippen LogP contribution in [0.1, 0.15) is 12.1 Å². The summed E-state index contributed by atoms with van der Waals surface area (Å²) < 4.78 is 5.43. The van der Waals surface area contributed by atoms with Gasteiger partial charge in [-0.2, -0.15) is 0 Å². The molecule has 2 fully saturated rings. The van der Waals surface area contributed by atoms with Crippen LogP contribution in [0.4, 0.5) is 5.95 Å². The number of ether oxygens (including phenoxy) is 1. The van der Waals surface area contributed by atoms with Crippen molar-refractivity contribution in [2.45, 2.75) is 13.0 Å². The summed E-state index contributed by atoms with van der Waals surface area (Å²) in [5, 5.41) is 9.13. The molecular weight excluding hydrogens is 256 g/mol. The first kappa shape index (κ1) is 13.7. The van der Waals surface area contributed by atoms with Gasteiger partial charge in [-0.1, -0.05) is 0 Å². The van der Waals surface area contributed by atoms with Crippen LogP contribution >= 0.6 is 0 Å². The lowest BCUT2D eigenvalue weighted by Gasteiger charge is -2.35. The summed E-state index contributed by atoms with van der Waals surface area (Å²) in [6.07, 6.45) is 2.91. The Bertz CT molecular complexity index is 429. The van der Waals surface area contributed by atoms with Gasteiger partial charge in [0, 0.05) is 45.5 Å². The van der Waals surface area contributed by atoms with E-state index in [9.17, 15) is 0 Å². The standard InChI is InChI=1S/C14H22N4O2/c19-10-13-1-3-15-14(16-13)18-6-4-17(5-7-18)9-12-2-8-20-11-12/h1,3,12,19H,2,4-11H2. The van der Waals surface area contributed by atoms with Gasteiger partial charge in [-0.15, -0.1) is 0 Å². The zero-order valence-corrected chi connectivity index (χ0v) is 11.7. The first-order chi connectivity index (χ1) is 9.85. The van der Waals surface area contributed by atoms with Gasteiger partial charge in [0.15, 0.2) is 0 Å². The number of hydrogen-bond acceptors (Lipinski definition) is 6. The van der Waals surface area contributed by atoms with Crippen LogP contribution in [0.2, 0.25) is 0 Å². The summed E-state index contributed by atoms with van der Waals surface area (Å²) >= 11 is 0. The maximum Gasteiger partial charge on any atom is 0.225 e. The van der Waals surface area contributed by atoms with Crippen molar-refractivity contribution in [3.05, 3.63) is 18.0 Å². The molecule has 3 rings (SSSR count). The molecule has 1 N–H and O–H groups in total. The Balaban J connectivity index is 1.52. The fraction of sp³-hybridized carbons (Fsp3) is 0.714. The quantitative estimate of drug-likeness (QED) is 0.844. The van der Waals surface area contributed by atoms with Gasteiger partial charge in [-0.25, -0.2) is 9.97 Å². The molecule has 6 nitrogen and oxygen atoms in total. The second-order valence-corrected chi connectivity index (χ2v) is 5.52. The molecule has 0 amide bonds. The molecule has 0 bridgehead atoms. The van der Waals surface area contributed by atoms with E-state index >= 15 is 0 Å². The Hall–Kier alpha value is -1.24. The average Bonchev–Trinajstić information content (AvgIpc) is 3.01. The Kier molecular flexibility index (Phi) is 4.44. The van der Waals surface area contributed by atoms with Crippen LogP contribution in [-0.2, 0) is 11.3 Å². The van der Waals surface area contributed by atoms with Crippen molar-refractivity contribution in [1.82, 2.24) is 14.9 Å². The first-order valence-electron chi connectivity index (χ1n) is 7.33. The van der Waals surface area contributed by atoms with Gasteiger partial charge >= 0.3 is 0 Å². The molecule has 0 saturated carbocycles. The summed E-state index contributed by atoms with van der Waals surface area (Å²) in [4.78, 5) is 13.4. The lowest BCUT2D eigenvalue weighted by molar-refractivity contribution is 0.164. The molecule has 6 heteroatoms. The maximum absolute atomic E-state index is 9.13. The Morgan fingerprint density at radius 3 is 2.85 bits per heavy atom. The molecule has 110 valence electrons. The number of aliphatic hydroxyl groups excluding tert-OH is 1. The van der Waals surface area contributed by atoms with E-state index in [0.29, 0.717) is 11.6 Å². The Morgan fingerprint density at radius 2 is 2.15 bits per heavy atom. The second-order valence-electron chi connectivity index (χ2n) is 5.52. The van der Waals surface area contributed by atoms with Crippen molar-refractivity contribution in [2.75, 3.05) is 50.8 Å². The van der Waals surface area contributed by atoms with Crippen molar-refractivity contribution in [1.29, 1.82) is 0 Å². The lowest BCUT2D eigenvalue weighted by atomic mass is 10.1. The number of anilines is 1. The second kappa shape index (κ2) is 6.47. The van der Waals surface area contributed by atoms with Crippen LogP contribution in [0.15, 0.2) is 12.3 Å². The number of aromatic nitrogens is 2. The largest absolute Gasteiger partial charge is 0.390 e. The van der Waals surface area contributed by atoms with Crippen LogP contribution in [0.3, 0.4) is 0 Å². The zero-order valence-electron chi connectivity index (χ0n) is 11.7. The smallest absolute Gasteiger partial charge is 0.225 e. The third kappa shape index (κ3) is 3.26.